The van der Waals surface area contributed by atoms with E-state index in [1.165, 1.54) is 6.07 Å². The van der Waals surface area contributed by atoms with E-state index in [-0.39, 0.29) is 6.54 Å². The summed E-state index contributed by atoms with van der Waals surface area (Å²) in [6, 6.07) is 4.22. The van der Waals surface area contributed by atoms with Crippen molar-refractivity contribution < 1.29 is 49.4 Å². The molecule has 1 amide bonds. The Morgan fingerprint density at radius 2 is 1.48 bits per heavy atom. The van der Waals surface area contributed by atoms with E-state index in [1.807, 2.05) is 5.32 Å². The van der Waals surface area contributed by atoms with Gasteiger partial charge in [0, 0.05) is 6.54 Å². The fourth-order valence-corrected chi connectivity index (χ4v) is 2.53. The summed E-state index contributed by atoms with van der Waals surface area (Å²) >= 11 is 0. The molecule has 0 aliphatic carbocycles. The number of hydrogen-bond donors (Lipinski definition) is 2. The summed E-state index contributed by atoms with van der Waals surface area (Å²) in [5.74, 6) is -24.9. The van der Waals surface area contributed by atoms with Crippen LogP contribution in [-0.2, 0) is 10.4 Å². The molecule has 0 bridgehead atoms. The largest absolute Gasteiger partial charge is 0.460 e. The molecular weight excluding hydrogens is 421 g/mol. The lowest BCUT2D eigenvalue weighted by atomic mass is 9.73. The lowest BCUT2D eigenvalue weighted by Crippen LogP contribution is -2.69. The SMILES string of the molecule is C=CCNC(=O)[C@@H](C)[C@](O)(c1ccccc1)C(F)(F)C(F)(F)C(F)(F)C(F)(F)F. The Labute approximate surface area is 159 Å². The van der Waals surface area contributed by atoms with Crippen molar-refractivity contribution in [1.82, 2.24) is 5.32 Å². The highest BCUT2D eigenvalue weighted by molar-refractivity contribution is 5.80. The second-order valence-electron chi connectivity index (χ2n) is 6.11. The molecule has 0 radical (unpaired) electrons. The van der Waals surface area contributed by atoms with Crippen LogP contribution in [0.15, 0.2) is 43.0 Å². The predicted molar refractivity (Wildman–Crippen MR) is 83.6 cm³/mol. The van der Waals surface area contributed by atoms with E-state index >= 15 is 0 Å². The zero-order chi connectivity index (χ0) is 22.9. The minimum Gasteiger partial charge on any atom is -0.378 e. The summed E-state index contributed by atoms with van der Waals surface area (Å²) < 4.78 is 121. The normalized spacial score (nSPS) is 16.7. The smallest absolute Gasteiger partial charge is 0.378 e. The number of rotatable bonds is 8. The van der Waals surface area contributed by atoms with Gasteiger partial charge in [0.25, 0.3) is 0 Å². The van der Waals surface area contributed by atoms with Crippen molar-refractivity contribution in [3.63, 3.8) is 0 Å². The third-order valence-corrected chi connectivity index (χ3v) is 4.28. The van der Waals surface area contributed by atoms with E-state index < -0.39 is 46.9 Å². The lowest BCUT2D eigenvalue weighted by molar-refractivity contribution is -0.421. The van der Waals surface area contributed by atoms with Gasteiger partial charge in [-0.05, 0) is 5.56 Å². The Bertz CT molecular complexity index is 734. The molecule has 1 rings (SSSR count). The maximum atomic E-state index is 14.7. The van der Waals surface area contributed by atoms with Gasteiger partial charge in [-0.3, -0.25) is 4.79 Å². The molecule has 1 aromatic rings. The average Bonchev–Trinajstić information content (AvgIpc) is 2.64. The fourth-order valence-electron chi connectivity index (χ4n) is 2.53. The van der Waals surface area contributed by atoms with Crippen molar-refractivity contribution >= 4 is 5.91 Å². The van der Waals surface area contributed by atoms with Crippen LogP contribution in [0.3, 0.4) is 0 Å². The van der Waals surface area contributed by atoms with Gasteiger partial charge >= 0.3 is 23.9 Å². The second-order valence-corrected chi connectivity index (χ2v) is 6.11. The van der Waals surface area contributed by atoms with E-state index in [4.69, 9.17) is 0 Å². The molecule has 2 atom stereocenters. The second kappa shape index (κ2) is 7.88. The Morgan fingerprint density at radius 3 is 1.90 bits per heavy atom. The van der Waals surface area contributed by atoms with Gasteiger partial charge < -0.3 is 10.4 Å². The van der Waals surface area contributed by atoms with Crippen LogP contribution in [0.25, 0.3) is 0 Å². The number of halogens is 9. The third-order valence-electron chi connectivity index (χ3n) is 4.28. The zero-order valence-electron chi connectivity index (χ0n) is 14.7. The van der Waals surface area contributed by atoms with Gasteiger partial charge in [0.15, 0.2) is 5.60 Å². The zero-order valence-corrected chi connectivity index (χ0v) is 14.7. The maximum Gasteiger partial charge on any atom is 0.460 e. The minimum absolute atomic E-state index is 0.380. The molecule has 0 fully saturated rings. The van der Waals surface area contributed by atoms with Crippen LogP contribution in [0.4, 0.5) is 39.5 Å². The number of carbonyl (C=O) groups is 1. The van der Waals surface area contributed by atoms with Gasteiger partial charge in [-0.25, -0.2) is 0 Å². The van der Waals surface area contributed by atoms with Gasteiger partial charge in [0.05, 0.1) is 5.92 Å². The highest BCUT2D eigenvalue weighted by Crippen LogP contribution is 2.59. The summed E-state index contributed by atoms with van der Waals surface area (Å²) in [5.41, 5.74) is -5.60. The average molecular weight is 437 g/mol. The van der Waals surface area contributed by atoms with Crippen LogP contribution >= 0.6 is 0 Å². The molecule has 12 heteroatoms. The molecule has 0 saturated carbocycles. The molecule has 0 heterocycles. The number of benzene rings is 1. The summed E-state index contributed by atoms with van der Waals surface area (Å²) in [6.07, 6.45) is -6.01. The first-order valence-electron chi connectivity index (χ1n) is 7.86. The summed E-state index contributed by atoms with van der Waals surface area (Å²) in [6.45, 7) is 3.30. The summed E-state index contributed by atoms with van der Waals surface area (Å²) in [5, 5.41) is 12.4. The van der Waals surface area contributed by atoms with Crippen molar-refractivity contribution in [3.05, 3.63) is 48.6 Å². The molecule has 2 N–H and O–H groups in total. The van der Waals surface area contributed by atoms with Crippen LogP contribution in [0, 0.1) is 5.92 Å². The van der Waals surface area contributed by atoms with Crippen LogP contribution in [-0.4, -0.2) is 41.5 Å². The van der Waals surface area contributed by atoms with Crippen LogP contribution in [0.5, 0.6) is 0 Å². The molecule has 0 aliphatic heterocycles. The van der Waals surface area contributed by atoms with E-state index in [1.54, 1.807) is 0 Å². The number of amides is 1. The predicted octanol–water partition coefficient (Wildman–Crippen LogP) is 4.28. The Balaban J connectivity index is 3.73. The first-order valence-corrected chi connectivity index (χ1v) is 7.86. The van der Waals surface area contributed by atoms with E-state index in [0.29, 0.717) is 19.1 Å². The molecular formula is C17H16F9NO2. The number of nitrogens with one attached hydrogen (secondary N) is 1. The van der Waals surface area contributed by atoms with Crippen molar-refractivity contribution in [2.45, 2.75) is 36.5 Å². The van der Waals surface area contributed by atoms with E-state index in [2.05, 4.69) is 6.58 Å². The Hall–Kier alpha value is -2.24. The quantitative estimate of drug-likeness (QED) is 0.471. The number of carbonyl (C=O) groups excluding carboxylic acids is 1. The Morgan fingerprint density at radius 1 is 1.00 bits per heavy atom. The number of alkyl halides is 9. The summed E-state index contributed by atoms with van der Waals surface area (Å²) in [4.78, 5) is 12.0. The van der Waals surface area contributed by atoms with Gasteiger partial charge in [-0.15, -0.1) is 6.58 Å². The van der Waals surface area contributed by atoms with E-state index in [0.717, 1.165) is 18.2 Å². The topological polar surface area (TPSA) is 49.3 Å². The highest BCUT2D eigenvalue weighted by atomic mass is 19.4. The molecule has 0 unspecified atom stereocenters. The van der Waals surface area contributed by atoms with Gasteiger partial charge in [0.1, 0.15) is 0 Å². The first-order chi connectivity index (χ1) is 13.0. The maximum absolute atomic E-state index is 14.7. The third kappa shape index (κ3) is 3.81. The molecule has 1 aromatic carbocycles. The number of aliphatic hydroxyl groups is 1. The van der Waals surface area contributed by atoms with Gasteiger partial charge in [-0.1, -0.05) is 43.3 Å². The van der Waals surface area contributed by atoms with Crippen LogP contribution in [0.1, 0.15) is 12.5 Å². The molecule has 0 saturated heterocycles. The van der Waals surface area contributed by atoms with Crippen molar-refractivity contribution in [2.75, 3.05) is 6.54 Å². The molecule has 0 aromatic heterocycles. The summed E-state index contributed by atoms with van der Waals surface area (Å²) in [7, 11) is 0. The monoisotopic (exact) mass is 437 g/mol. The van der Waals surface area contributed by atoms with Gasteiger partial charge in [0.2, 0.25) is 5.91 Å². The van der Waals surface area contributed by atoms with Crippen molar-refractivity contribution in [1.29, 1.82) is 0 Å². The standard InChI is InChI=1S/C17H16F9NO2/c1-3-9-27-12(28)10(2)13(29,11-7-5-4-6-8-11)14(18,19)15(20,21)16(22,23)17(24,25)26/h3-8,10,29H,1,9H2,2H3,(H,27,28)/t10-,13+/m1/s1. The molecule has 0 aliphatic rings. The van der Waals surface area contributed by atoms with Crippen LogP contribution < -0.4 is 5.32 Å². The fraction of sp³-hybridized carbons (Fsp3) is 0.471. The van der Waals surface area contributed by atoms with Crippen LogP contribution in [0.2, 0.25) is 0 Å². The molecule has 3 nitrogen and oxygen atoms in total. The van der Waals surface area contributed by atoms with Gasteiger partial charge in [-0.2, -0.15) is 39.5 Å². The Kier molecular flexibility index (Phi) is 6.74. The molecule has 164 valence electrons. The first kappa shape index (κ1) is 24.8. The van der Waals surface area contributed by atoms with Crippen molar-refractivity contribution in [2.24, 2.45) is 5.92 Å². The molecule has 0 spiro atoms. The highest BCUT2D eigenvalue weighted by Gasteiger charge is 2.86. The number of hydrogen-bond acceptors (Lipinski definition) is 2. The van der Waals surface area contributed by atoms with E-state index in [9.17, 15) is 49.4 Å². The lowest BCUT2D eigenvalue weighted by Gasteiger charge is -2.45. The van der Waals surface area contributed by atoms with Crippen molar-refractivity contribution in [3.8, 4) is 0 Å². The molecule has 29 heavy (non-hydrogen) atoms. The minimum atomic E-state index is -7.22.